The molecular weight excluding hydrogens is 206 g/mol. The average molecular weight is 223 g/mol. The third-order valence-corrected chi connectivity index (χ3v) is 4.52. The summed E-state index contributed by atoms with van der Waals surface area (Å²) >= 11 is 1.81. The van der Waals surface area contributed by atoms with Crippen LogP contribution >= 0.6 is 11.3 Å². The van der Waals surface area contributed by atoms with E-state index in [-0.39, 0.29) is 0 Å². The molecule has 0 aromatic carbocycles. The number of nitrogens with one attached hydrogen (secondary N) is 1. The van der Waals surface area contributed by atoms with E-state index in [1.165, 1.54) is 30.3 Å². The lowest BCUT2D eigenvalue weighted by atomic mass is 10.1. The van der Waals surface area contributed by atoms with Crippen LogP contribution in [0.3, 0.4) is 0 Å². The van der Waals surface area contributed by atoms with Crippen LogP contribution in [-0.4, -0.2) is 30.7 Å². The summed E-state index contributed by atoms with van der Waals surface area (Å²) in [5.41, 5.74) is 1.24. The molecule has 2 atom stereocenters. The van der Waals surface area contributed by atoms with Gasteiger partial charge in [0.2, 0.25) is 0 Å². The molecule has 4 heteroatoms. The van der Waals surface area contributed by atoms with Crippen LogP contribution in [0.4, 0.5) is 5.13 Å². The summed E-state index contributed by atoms with van der Waals surface area (Å²) in [6.07, 6.45) is 2.38. The molecule has 2 aliphatic rings. The summed E-state index contributed by atoms with van der Waals surface area (Å²) in [5.74, 6) is 0.860. The minimum absolute atomic E-state index is 0.709. The van der Waals surface area contributed by atoms with E-state index < -0.39 is 0 Å². The molecule has 1 aromatic rings. The Labute approximate surface area is 94.5 Å². The molecule has 1 aromatic heterocycles. The van der Waals surface area contributed by atoms with Crippen LogP contribution in [0.25, 0.3) is 0 Å². The number of anilines is 1. The highest BCUT2D eigenvalue weighted by Crippen LogP contribution is 2.33. The molecule has 0 saturated carbocycles. The molecule has 0 radical (unpaired) electrons. The fourth-order valence-corrected chi connectivity index (χ4v) is 3.67. The van der Waals surface area contributed by atoms with Crippen molar-refractivity contribution in [3.05, 3.63) is 11.1 Å². The quantitative estimate of drug-likeness (QED) is 0.823. The molecule has 0 spiro atoms. The van der Waals surface area contributed by atoms with Gasteiger partial charge in [0.05, 0.1) is 5.69 Å². The topological polar surface area (TPSA) is 28.2 Å². The van der Waals surface area contributed by atoms with E-state index in [2.05, 4.69) is 27.5 Å². The second kappa shape index (κ2) is 3.76. The van der Waals surface area contributed by atoms with Crippen molar-refractivity contribution in [3.8, 4) is 0 Å². The van der Waals surface area contributed by atoms with Crippen LogP contribution in [0, 0.1) is 5.92 Å². The lowest BCUT2D eigenvalue weighted by Crippen LogP contribution is -2.33. The highest BCUT2D eigenvalue weighted by atomic mass is 32.1. The van der Waals surface area contributed by atoms with Gasteiger partial charge < -0.3 is 10.2 Å². The fraction of sp³-hybridized carbons (Fsp3) is 0.727. The second-order valence-electron chi connectivity index (χ2n) is 4.44. The van der Waals surface area contributed by atoms with Crippen LogP contribution in [0.2, 0.25) is 0 Å². The number of thiazole rings is 1. The van der Waals surface area contributed by atoms with Gasteiger partial charge >= 0.3 is 0 Å². The zero-order valence-electron chi connectivity index (χ0n) is 9.07. The minimum Gasteiger partial charge on any atom is -0.343 e. The molecule has 0 amide bonds. The SMILES string of the molecule is CCc1csc(N2CC[C@H]3CNC[C@H]32)n1. The van der Waals surface area contributed by atoms with Gasteiger partial charge in [0.15, 0.2) is 5.13 Å². The van der Waals surface area contributed by atoms with E-state index in [0.717, 1.165) is 18.9 Å². The zero-order valence-corrected chi connectivity index (χ0v) is 9.89. The van der Waals surface area contributed by atoms with Crippen LogP contribution in [0.15, 0.2) is 5.38 Å². The number of rotatable bonds is 2. The summed E-state index contributed by atoms with van der Waals surface area (Å²) in [5, 5.41) is 6.92. The average Bonchev–Trinajstić information content (AvgIpc) is 2.92. The van der Waals surface area contributed by atoms with E-state index in [1.807, 2.05) is 11.3 Å². The number of hydrogen-bond donors (Lipinski definition) is 1. The third-order valence-electron chi connectivity index (χ3n) is 3.59. The van der Waals surface area contributed by atoms with Gasteiger partial charge in [-0.3, -0.25) is 0 Å². The molecule has 82 valence electrons. The molecule has 0 unspecified atom stereocenters. The Morgan fingerprint density at radius 1 is 1.60 bits per heavy atom. The normalized spacial score (nSPS) is 29.8. The molecule has 0 bridgehead atoms. The lowest BCUT2D eigenvalue weighted by molar-refractivity contribution is 0.578. The van der Waals surface area contributed by atoms with Gasteiger partial charge in [-0.05, 0) is 18.8 Å². The number of hydrogen-bond acceptors (Lipinski definition) is 4. The lowest BCUT2D eigenvalue weighted by Gasteiger charge is -2.22. The Kier molecular flexibility index (Phi) is 2.41. The summed E-state index contributed by atoms with van der Waals surface area (Å²) in [7, 11) is 0. The predicted molar refractivity (Wildman–Crippen MR) is 63.6 cm³/mol. The van der Waals surface area contributed by atoms with Gasteiger partial charge in [0.25, 0.3) is 0 Å². The summed E-state index contributed by atoms with van der Waals surface area (Å²) in [6, 6.07) is 0.709. The van der Waals surface area contributed by atoms with Crippen molar-refractivity contribution >= 4 is 16.5 Å². The molecule has 3 heterocycles. The van der Waals surface area contributed by atoms with Crippen LogP contribution < -0.4 is 10.2 Å². The standard InChI is InChI=1S/C11H17N3S/c1-2-9-7-15-11(13-9)14-4-3-8-5-12-6-10(8)14/h7-8,10,12H,2-6H2,1H3/t8-,10+/m0/s1. The zero-order chi connectivity index (χ0) is 10.3. The van der Waals surface area contributed by atoms with Gasteiger partial charge in [-0.1, -0.05) is 6.92 Å². The first-order valence-corrected chi connectivity index (χ1v) is 6.68. The van der Waals surface area contributed by atoms with Crippen molar-refractivity contribution in [3.63, 3.8) is 0 Å². The molecule has 2 saturated heterocycles. The Morgan fingerprint density at radius 3 is 3.33 bits per heavy atom. The molecule has 2 aliphatic heterocycles. The third kappa shape index (κ3) is 1.56. The number of aryl methyl sites for hydroxylation is 1. The van der Waals surface area contributed by atoms with Gasteiger partial charge in [-0.25, -0.2) is 4.98 Å². The first kappa shape index (κ1) is 9.60. The molecule has 2 fully saturated rings. The van der Waals surface area contributed by atoms with Crippen LogP contribution in [0.5, 0.6) is 0 Å². The number of aromatic nitrogens is 1. The predicted octanol–water partition coefficient (Wildman–Crippen LogP) is 1.50. The fourth-order valence-electron chi connectivity index (χ4n) is 2.68. The smallest absolute Gasteiger partial charge is 0.185 e. The van der Waals surface area contributed by atoms with Gasteiger partial charge in [0.1, 0.15) is 0 Å². The van der Waals surface area contributed by atoms with Gasteiger partial charge in [-0.15, -0.1) is 11.3 Å². The van der Waals surface area contributed by atoms with E-state index in [0.29, 0.717) is 6.04 Å². The molecule has 3 rings (SSSR count). The van der Waals surface area contributed by atoms with Crippen molar-refractivity contribution in [1.82, 2.24) is 10.3 Å². The Balaban J connectivity index is 1.81. The first-order valence-electron chi connectivity index (χ1n) is 5.80. The van der Waals surface area contributed by atoms with E-state index in [1.54, 1.807) is 0 Å². The highest BCUT2D eigenvalue weighted by Gasteiger charge is 2.38. The summed E-state index contributed by atoms with van der Waals surface area (Å²) < 4.78 is 0. The largest absolute Gasteiger partial charge is 0.343 e. The van der Waals surface area contributed by atoms with Gasteiger partial charge in [0, 0.05) is 31.1 Å². The Morgan fingerprint density at radius 2 is 2.53 bits per heavy atom. The van der Waals surface area contributed by atoms with E-state index in [9.17, 15) is 0 Å². The van der Waals surface area contributed by atoms with Crippen LogP contribution in [-0.2, 0) is 6.42 Å². The van der Waals surface area contributed by atoms with E-state index in [4.69, 9.17) is 0 Å². The second-order valence-corrected chi connectivity index (χ2v) is 5.28. The highest BCUT2D eigenvalue weighted by molar-refractivity contribution is 7.13. The monoisotopic (exact) mass is 223 g/mol. The summed E-state index contributed by atoms with van der Waals surface area (Å²) in [4.78, 5) is 7.20. The van der Waals surface area contributed by atoms with Crippen molar-refractivity contribution in [2.24, 2.45) is 5.92 Å². The molecule has 1 N–H and O–H groups in total. The maximum absolute atomic E-state index is 4.69. The molecule has 15 heavy (non-hydrogen) atoms. The summed E-state index contributed by atoms with van der Waals surface area (Å²) in [6.45, 7) is 5.72. The first-order chi connectivity index (χ1) is 7.38. The number of nitrogens with zero attached hydrogens (tertiary/aromatic N) is 2. The maximum Gasteiger partial charge on any atom is 0.185 e. The minimum atomic E-state index is 0.709. The van der Waals surface area contributed by atoms with Crippen molar-refractivity contribution < 1.29 is 0 Å². The molecular formula is C11H17N3S. The van der Waals surface area contributed by atoms with Crippen molar-refractivity contribution in [1.29, 1.82) is 0 Å². The van der Waals surface area contributed by atoms with Crippen molar-refractivity contribution in [2.45, 2.75) is 25.8 Å². The molecule has 3 nitrogen and oxygen atoms in total. The van der Waals surface area contributed by atoms with Crippen LogP contribution in [0.1, 0.15) is 19.0 Å². The molecule has 0 aliphatic carbocycles. The Bertz CT molecular complexity index is 349. The van der Waals surface area contributed by atoms with Gasteiger partial charge in [-0.2, -0.15) is 0 Å². The van der Waals surface area contributed by atoms with E-state index >= 15 is 0 Å². The van der Waals surface area contributed by atoms with Crippen molar-refractivity contribution in [2.75, 3.05) is 24.5 Å². The maximum atomic E-state index is 4.69. The Hall–Kier alpha value is -0.610. The number of fused-ring (bicyclic) bond motifs is 1.